The molecule has 0 N–H and O–H groups in total. The highest BCUT2D eigenvalue weighted by Crippen LogP contribution is 2.34. The highest BCUT2D eigenvalue weighted by atomic mass is 32.1. The van der Waals surface area contributed by atoms with Crippen molar-refractivity contribution in [3.63, 3.8) is 0 Å². The number of aromatic nitrogens is 3. The summed E-state index contributed by atoms with van der Waals surface area (Å²) in [6.45, 7) is 8.14. The number of rotatable bonds is 5. The molecule has 1 aliphatic rings. The molecule has 1 saturated heterocycles. The third-order valence-corrected chi connectivity index (χ3v) is 7.39. The van der Waals surface area contributed by atoms with Crippen molar-refractivity contribution in [3.8, 4) is 5.82 Å². The quantitative estimate of drug-likeness (QED) is 0.411. The minimum Gasteiger partial charge on any atom is -0.360 e. The lowest BCUT2D eigenvalue weighted by Crippen LogP contribution is -2.36. The molecule has 7 heteroatoms. The van der Waals surface area contributed by atoms with E-state index in [2.05, 4.69) is 28.3 Å². The van der Waals surface area contributed by atoms with Gasteiger partial charge in [0, 0.05) is 28.9 Å². The second-order valence-corrected chi connectivity index (χ2v) is 9.47. The number of para-hydroxylation sites is 1. The molecule has 0 saturated carbocycles. The van der Waals surface area contributed by atoms with Crippen LogP contribution in [0.3, 0.4) is 0 Å². The lowest BCUT2D eigenvalue weighted by atomic mass is 9.97. The number of benzene rings is 1. The Morgan fingerprint density at radius 3 is 2.65 bits per heavy atom. The zero-order valence-corrected chi connectivity index (χ0v) is 18.9. The van der Waals surface area contributed by atoms with Crippen LogP contribution in [0.25, 0.3) is 16.0 Å². The van der Waals surface area contributed by atoms with Crippen LogP contribution < -0.4 is 0 Å². The lowest BCUT2D eigenvalue weighted by molar-refractivity contribution is 0.0909. The third-order valence-electron chi connectivity index (χ3n) is 6.19. The predicted octanol–water partition coefficient (Wildman–Crippen LogP) is 5.06. The van der Waals surface area contributed by atoms with Gasteiger partial charge in [0.1, 0.15) is 5.76 Å². The number of thiazole rings is 1. The topological polar surface area (TPSA) is 64.2 Å². The fourth-order valence-electron chi connectivity index (χ4n) is 4.55. The Balaban J connectivity index is 1.25. The molecule has 6 nitrogen and oxygen atoms in total. The molecule has 0 bridgehead atoms. The van der Waals surface area contributed by atoms with E-state index in [1.807, 2.05) is 54.9 Å². The summed E-state index contributed by atoms with van der Waals surface area (Å²) in [5.74, 6) is 2.14. The van der Waals surface area contributed by atoms with Gasteiger partial charge in [0.25, 0.3) is 0 Å². The number of carbonyl (C=O) groups excluding carboxylic acids is 1. The van der Waals surface area contributed by atoms with Crippen LogP contribution in [0.5, 0.6) is 0 Å². The number of ketones is 1. The summed E-state index contributed by atoms with van der Waals surface area (Å²) in [6, 6.07) is 12.2. The molecule has 5 rings (SSSR count). The van der Waals surface area contributed by atoms with Crippen LogP contribution in [0.1, 0.15) is 51.3 Å². The summed E-state index contributed by atoms with van der Waals surface area (Å²) in [5.41, 5.74) is 3.77. The summed E-state index contributed by atoms with van der Waals surface area (Å²) < 4.78 is 8.46. The Labute approximate surface area is 185 Å². The molecule has 0 spiro atoms. The minimum absolute atomic E-state index is 0.165. The molecule has 3 aromatic heterocycles. The Morgan fingerprint density at radius 2 is 1.94 bits per heavy atom. The summed E-state index contributed by atoms with van der Waals surface area (Å²) in [5, 5.41) is 5.34. The Kier molecular flexibility index (Phi) is 5.24. The first-order valence-corrected chi connectivity index (χ1v) is 11.5. The van der Waals surface area contributed by atoms with Crippen molar-refractivity contribution in [2.75, 3.05) is 19.6 Å². The number of hydrogen-bond acceptors (Lipinski definition) is 6. The number of fused-ring (bicyclic) bond motifs is 1. The summed E-state index contributed by atoms with van der Waals surface area (Å²) in [6.07, 6.45) is 2.09. The summed E-state index contributed by atoms with van der Waals surface area (Å²) in [7, 11) is 0. The molecular weight excluding hydrogens is 408 g/mol. The first kappa shape index (κ1) is 20.2. The number of hydrogen-bond donors (Lipinski definition) is 0. The molecule has 1 fully saturated rings. The zero-order chi connectivity index (χ0) is 21.5. The monoisotopic (exact) mass is 434 g/mol. The molecule has 4 heterocycles. The first-order chi connectivity index (χ1) is 15.0. The number of nitrogens with zero attached hydrogens (tertiary/aromatic N) is 4. The van der Waals surface area contributed by atoms with Crippen LogP contribution in [0.4, 0.5) is 0 Å². The van der Waals surface area contributed by atoms with Gasteiger partial charge in [-0.05, 0) is 64.9 Å². The second-order valence-electron chi connectivity index (χ2n) is 8.41. The number of piperidine rings is 1. The molecule has 160 valence electrons. The molecule has 1 aromatic carbocycles. The van der Waals surface area contributed by atoms with Crippen LogP contribution in [-0.4, -0.2) is 45.0 Å². The molecule has 0 aliphatic carbocycles. The van der Waals surface area contributed by atoms with E-state index in [1.165, 1.54) is 9.71 Å². The molecule has 1 aliphatic heterocycles. The third kappa shape index (κ3) is 3.83. The number of carbonyl (C=O) groups is 1. The Bertz CT molecular complexity index is 1210. The van der Waals surface area contributed by atoms with E-state index >= 15 is 0 Å². The smallest absolute Gasteiger partial charge is 0.180 e. The van der Waals surface area contributed by atoms with Gasteiger partial charge in [-0.25, -0.2) is 4.98 Å². The van der Waals surface area contributed by atoms with Crippen molar-refractivity contribution < 1.29 is 9.32 Å². The molecule has 0 unspecified atom stereocenters. The van der Waals surface area contributed by atoms with Crippen LogP contribution in [0.15, 0.2) is 40.9 Å². The lowest BCUT2D eigenvalue weighted by Gasteiger charge is -2.30. The van der Waals surface area contributed by atoms with E-state index < -0.39 is 0 Å². The highest BCUT2D eigenvalue weighted by molar-refractivity contribution is 7.18. The maximum absolute atomic E-state index is 13.1. The SMILES string of the molecule is Cc1cc(-n2c(C)cc(C(=O)CN3CCC(c4nc5ccccc5s4)CC3)c2C)no1. The maximum Gasteiger partial charge on any atom is 0.180 e. The van der Waals surface area contributed by atoms with Crippen LogP contribution in [0, 0.1) is 20.8 Å². The fraction of sp³-hybridized carbons (Fsp3) is 0.375. The van der Waals surface area contributed by atoms with Crippen molar-refractivity contribution in [2.45, 2.75) is 39.5 Å². The maximum atomic E-state index is 13.1. The molecule has 0 amide bonds. The van der Waals surface area contributed by atoms with Gasteiger partial charge >= 0.3 is 0 Å². The molecule has 0 atom stereocenters. The van der Waals surface area contributed by atoms with Crippen molar-refractivity contribution in [3.05, 3.63) is 64.1 Å². The normalized spacial score (nSPS) is 15.7. The fourth-order valence-corrected chi connectivity index (χ4v) is 5.68. The van der Waals surface area contributed by atoms with Crippen molar-refractivity contribution in [1.29, 1.82) is 0 Å². The summed E-state index contributed by atoms with van der Waals surface area (Å²) >= 11 is 1.81. The zero-order valence-electron chi connectivity index (χ0n) is 18.1. The van der Waals surface area contributed by atoms with E-state index in [1.54, 1.807) is 0 Å². The number of aryl methyl sites for hydroxylation is 2. The van der Waals surface area contributed by atoms with Gasteiger partial charge in [0.15, 0.2) is 11.6 Å². The van der Waals surface area contributed by atoms with Crippen LogP contribution in [-0.2, 0) is 0 Å². The van der Waals surface area contributed by atoms with Gasteiger partial charge in [0.2, 0.25) is 0 Å². The summed E-state index contributed by atoms with van der Waals surface area (Å²) in [4.78, 5) is 20.2. The van der Waals surface area contributed by atoms with E-state index in [-0.39, 0.29) is 5.78 Å². The average molecular weight is 435 g/mol. The minimum atomic E-state index is 0.165. The van der Waals surface area contributed by atoms with Gasteiger partial charge in [-0.3, -0.25) is 14.3 Å². The van der Waals surface area contributed by atoms with E-state index in [0.717, 1.165) is 60.0 Å². The number of likely N-dealkylation sites (tertiary alicyclic amines) is 1. The van der Waals surface area contributed by atoms with Gasteiger partial charge < -0.3 is 4.52 Å². The molecule has 31 heavy (non-hydrogen) atoms. The Morgan fingerprint density at radius 1 is 1.16 bits per heavy atom. The van der Waals surface area contributed by atoms with Gasteiger partial charge in [-0.15, -0.1) is 11.3 Å². The van der Waals surface area contributed by atoms with Crippen molar-refractivity contribution in [2.24, 2.45) is 0 Å². The Hall–Kier alpha value is -2.77. The molecular formula is C24H26N4O2S. The number of Topliss-reactive ketones (excluding diaryl/α,β-unsaturated/α-hetero) is 1. The molecule has 0 radical (unpaired) electrons. The average Bonchev–Trinajstić information content (AvgIpc) is 3.45. The van der Waals surface area contributed by atoms with Gasteiger partial charge in [-0.2, -0.15) is 0 Å². The second kappa shape index (κ2) is 8.05. The first-order valence-electron chi connectivity index (χ1n) is 10.7. The highest BCUT2D eigenvalue weighted by Gasteiger charge is 2.26. The standard InChI is InChI=1S/C24H26N4O2S/c1-15-12-19(17(3)28(15)23-13-16(2)30-26-23)21(29)14-27-10-8-18(9-11-27)24-25-20-6-4-5-7-22(20)31-24/h4-7,12-13,18H,8-11,14H2,1-3H3. The van der Waals surface area contributed by atoms with Gasteiger partial charge in [0.05, 0.1) is 21.8 Å². The largest absolute Gasteiger partial charge is 0.360 e. The molecule has 4 aromatic rings. The van der Waals surface area contributed by atoms with E-state index in [0.29, 0.717) is 12.5 Å². The van der Waals surface area contributed by atoms with Crippen molar-refractivity contribution in [1.82, 2.24) is 19.6 Å². The predicted molar refractivity (Wildman–Crippen MR) is 122 cm³/mol. The van der Waals surface area contributed by atoms with Crippen LogP contribution >= 0.6 is 11.3 Å². The van der Waals surface area contributed by atoms with Gasteiger partial charge in [-0.1, -0.05) is 17.3 Å². The van der Waals surface area contributed by atoms with E-state index in [9.17, 15) is 4.79 Å². The van der Waals surface area contributed by atoms with E-state index in [4.69, 9.17) is 9.51 Å². The van der Waals surface area contributed by atoms with Crippen molar-refractivity contribution >= 4 is 27.3 Å². The van der Waals surface area contributed by atoms with Crippen LogP contribution in [0.2, 0.25) is 0 Å².